The minimum atomic E-state index is -0.261. The topological polar surface area (TPSA) is 0 Å². The van der Waals surface area contributed by atoms with Gasteiger partial charge in [0.1, 0.15) is 0 Å². The molecule has 5 rings (SSSR count). The van der Waals surface area contributed by atoms with Crippen molar-refractivity contribution in [2.45, 2.75) is 32.1 Å². The molecule has 1 unspecified atom stereocenters. The Balaban J connectivity index is 1.85. The van der Waals surface area contributed by atoms with Gasteiger partial charge in [0.15, 0.2) is 0 Å². The first-order valence-corrected chi connectivity index (χ1v) is 11.8. The number of rotatable bonds is 4. The molecule has 2 aliphatic carbocycles. The third-order valence-corrected chi connectivity index (χ3v) is 7.60. The van der Waals surface area contributed by atoms with Gasteiger partial charge in [-0.25, -0.2) is 0 Å². The van der Waals surface area contributed by atoms with Gasteiger partial charge in [0.05, 0.1) is 5.41 Å². The Hall–Kier alpha value is -3.03. The summed E-state index contributed by atoms with van der Waals surface area (Å²) in [4.78, 5) is 1.06. The van der Waals surface area contributed by atoms with Crippen molar-refractivity contribution < 1.29 is 0 Å². The molecule has 0 radical (unpaired) electrons. The van der Waals surface area contributed by atoms with E-state index in [9.17, 15) is 0 Å². The highest BCUT2D eigenvalue weighted by molar-refractivity contribution is 7.85. The summed E-state index contributed by atoms with van der Waals surface area (Å²) in [6, 6.07) is 30.5. The minimum Gasteiger partial charge on any atom is -0.142 e. The largest absolute Gasteiger partial charge is 0.142 e. The molecule has 3 aromatic rings. The molecule has 1 heteroatoms. The van der Waals surface area contributed by atoms with E-state index in [0.717, 1.165) is 17.7 Å². The van der Waals surface area contributed by atoms with Crippen LogP contribution in [0.4, 0.5) is 0 Å². The van der Waals surface area contributed by atoms with Crippen molar-refractivity contribution in [3.05, 3.63) is 141 Å². The summed E-state index contributed by atoms with van der Waals surface area (Å²) in [6.07, 6.45) is 8.98. The zero-order chi connectivity index (χ0) is 22.1. The smallest absolute Gasteiger partial charge is 0.0637 e. The molecule has 0 nitrogen and oxygen atoms in total. The average molecular weight is 433 g/mol. The van der Waals surface area contributed by atoms with Crippen molar-refractivity contribution in [3.63, 3.8) is 0 Å². The lowest BCUT2D eigenvalue weighted by atomic mass is 9.65. The fraction of sp³-hybridized carbons (Fsp3) is 0.161. The fourth-order valence-electron chi connectivity index (χ4n) is 5.51. The van der Waals surface area contributed by atoms with Gasteiger partial charge in [-0.1, -0.05) is 109 Å². The van der Waals surface area contributed by atoms with Crippen LogP contribution in [0.15, 0.2) is 119 Å². The van der Waals surface area contributed by atoms with Gasteiger partial charge in [-0.15, -0.1) is 12.6 Å². The minimum absolute atomic E-state index is 0.261. The van der Waals surface area contributed by atoms with Crippen LogP contribution >= 0.6 is 12.6 Å². The number of benzene rings is 3. The zero-order valence-corrected chi connectivity index (χ0v) is 19.6. The van der Waals surface area contributed by atoms with E-state index in [0.29, 0.717) is 0 Å². The molecule has 0 fully saturated rings. The van der Waals surface area contributed by atoms with Crippen LogP contribution < -0.4 is 0 Å². The first kappa shape index (κ1) is 20.8. The molecule has 0 N–H and O–H groups in total. The van der Waals surface area contributed by atoms with Gasteiger partial charge in [-0.3, -0.25) is 0 Å². The molecule has 0 bridgehead atoms. The van der Waals surface area contributed by atoms with E-state index in [-0.39, 0.29) is 5.41 Å². The highest BCUT2D eigenvalue weighted by Crippen LogP contribution is 2.58. The maximum Gasteiger partial charge on any atom is 0.0637 e. The Morgan fingerprint density at radius 1 is 0.844 bits per heavy atom. The van der Waals surface area contributed by atoms with Crippen molar-refractivity contribution in [1.29, 1.82) is 0 Å². The second-order valence-corrected chi connectivity index (χ2v) is 9.11. The van der Waals surface area contributed by atoms with Crippen LogP contribution in [0.25, 0.3) is 11.1 Å². The third kappa shape index (κ3) is 3.15. The molecule has 0 spiro atoms. The summed E-state index contributed by atoms with van der Waals surface area (Å²) < 4.78 is 0. The van der Waals surface area contributed by atoms with Gasteiger partial charge < -0.3 is 0 Å². The van der Waals surface area contributed by atoms with E-state index in [1.54, 1.807) is 0 Å². The summed E-state index contributed by atoms with van der Waals surface area (Å²) in [6.45, 7) is 4.50. The molecule has 158 valence electrons. The van der Waals surface area contributed by atoms with Crippen LogP contribution in [-0.2, 0) is 5.41 Å². The van der Waals surface area contributed by atoms with Gasteiger partial charge >= 0.3 is 0 Å². The fourth-order valence-corrected chi connectivity index (χ4v) is 5.93. The molecular formula is C31H28S. The van der Waals surface area contributed by atoms with Crippen molar-refractivity contribution in [1.82, 2.24) is 0 Å². The number of hydrogen-bond acceptors (Lipinski definition) is 1. The Bertz CT molecular complexity index is 1270. The van der Waals surface area contributed by atoms with Crippen LogP contribution in [0, 0.1) is 0 Å². The number of fused-ring (bicyclic) bond motifs is 1. The summed E-state index contributed by atoms with van der Waals surface area (Å²) >= 11 is 5.16. The van der Waals surface area contributed by atoms with Crippen LogP contribution in [0.2, 0.25) is 0 Å². The third-order valence-electron chi connectivity index (χ3n) is 7.04. The number of thiol groups is 1. The van der Waals surface area contributed by atoms with Crippen LogP contribution in [-0.4, -0.2) is 0 Å². The second kappa shape index (κ2) is 8.48. The predicted molar refractivity (Wildman–Crippen MR) is 141 cm³/mol. The Morgan fingerprint density at radius 2 is 1.50 bits per heavy atom. The molecule has 32 heavy (non-hydrogen) atoms. The molecule has 0 aliphatic heterocycles. The van der Waals surface area contributed by atoms with Gasteiger partial charge in [0.25, 0.3) is 0 Å². The van der Waals surface area contributed by atoms with E-state index < -0.39 is 0 Å². The quantitative estimate of drug-likeness (QED) is 0.393. The van der Waals surface area contributed by atoms with Crippen LogP contribution in [0.1, 0.15) is 48.9 Å². The number of hydrogen-bond donors (Lipinski definition) is 1. The Labute approximate surface area is 197 Å². The molecule has 0 aromatic heterocycles. The van der Waals surface area contributed by atoms with E-state index in [4.69, 9.17) is 12.6 Å². The lowest BCUT2D eigenvalue weighted by Gasteiger charge is -2.37. The summed E-state index contributed by atoms with van der Waals surface area (Å²) in [5, 5.41) is 0. The Kier molecular flexibility index (Phi) is 5.53. The van der Waals surface area contributed by atoms with Gasteiger partial charge in [-0.05, 0) is 65.7 Å². The van der Waals surface area contributed by atoms with Crippen LogP contribution in [0.5, 0.6) is 0 Å². The molecule has 0 amide bonds. The summed E-state index contributed by atoms with van der Waals surface area (Å²) in [7, 11) is 0. The lowest BCUT2D eigenvalue weighted by molar-refractivity contribution is 0.675. The van der Waals surface area contributed by atoms with Crippen molar-refractivity contribution in [2.75, 3.05) is 0 Å². The SMILES string of the molecule is CC1=C(/C(S)=C(/C)c2ccccc2)c2ccccc2C1(C1=CC=CCC1)c1ccccc1. The first-order valence-electron chi connectivity index (χ1n) is 11.3. The maximum absolute atomic E-state index is 5.16. The normalized spacial score (nSPS) is 20.7. The summed E-state index contributed by atoms with van der Waals surface area (Å²) in [5.41, 5.74) is 10.3. The van der Waals surface area contributed by atoms with Crippen LogP contribution in [0.3, 0.4) is 0 Å². The molecule has 1 atom stereocenters. The van der Waals surface area contributed by atoms with E-state index in [2.05, 4.69) is 117 Å². The number of allylic oxidation sites excluding steroid dienone is 7. The molecule has 2 aliphatic rings. The van der Waals surface area contributed by atoms with E-state index >= 15 is 0 Å². The monoisotopic (exact) mass is 432 g/mol. The molecule has 0 saturated carbocycles. The summed E-state index contributed by atoms with van der Waals surface area (Å²) in [5.74, 6) is 0. The van der Waals surface area contributed by atoms with E-state index in [1.165, 1.54) is 44.5 Å². The van der Waals surface area contributed by atoms with Gasteiger partial charge in [0.2, 0.25) is 0 Å². The lowest BCUT2D eigenvalue weighted by Crippen LogP contribution is -2.30. The molecular weight excluding hydrogens is 404 g/mol. The zero-order valence-electron chi connectivity index (χ0n) is 18.7. The predicted octanol–water partition coefficient (Wildman–Crippen LogP) is 8.40. The molecule has 3 aromatic carbocycles. The Morgan fingerprint density at radius 3 is 2.19 bits per heavy atom. The molecule has 0 heterocycles. The molecule has 0 saturated heterocycles. The maximum atomic E-state index is 5.16. The standard InChI is InChI=1S/C31H28S/c1-22(24-14-6-3-7-15-24)30(32)29-23(2)31(25-16-8-4-9-17-25,26-18-10-5-11-19-26)28-21-13-12-20-27(28)29/h3-10,12-18,20-21,32H,11,19H2,1-2H3/b30-22+. The first-order chi connectivity index (χ1) is 15.7. The average Bonchev–Trinajstić information content (AvgIpc) is 3.13. The van der Waals surface area contributed by atoms with Gasteiger partial charge in [-0.2, -0.15) is 0 Å². The van der Waals surface area contributed by atoms with Gasteiger partial charge in [0, 0.05) is 4.91 Å². The van der Waals surface area contributed by atoms with Crippen molar-refractivity contribution in [3.8, 4) is 0 Å². The van der Waals surface area contributed by atoms with Crippen molar-refractivity contribution >= 4 is 23.8 Å². The highest BCUT2D eigenvalue weighted by atomic mass is 32.1. The van der Waals surface area contributed by atoms with Crippen molar-refractivity contribution in [2.24, 2.45) is 0 Å². The van der Waals surface area contributed by atoms with E-state index in [1.807, 2.05) is 0 Å². The second-order valence-electron chi connectivity index (χ2n) is 8.66. The highest BCUT2D eigenvalue weighted by Gasteiger charge is 2.47.